The third-order valence-electron chi connectivity index (χ3n) is 1.11. The summed E-state index contributed by atoms with van der Waals surface area (Å²) in [4.78, 5) is 20.9. The van der Waals surface area contributed by atoms with Crippen LogP contribution in [0.3, 0.4) is 0 Å². The van der Waals surface area contributed by atoms with E-state index in [1.165, 1.54) is 6.92 Å². The van der Waals surface area contributed by atoms with Gasteiger partial charge in [-0.25, -0.2) is 4.79 Å². The molecule has 0 saturated heterocycles. The molecule has 0 heterocycles. The van der Waals surface area contributed by atoms with Gasteiger partial charge in [-0.1, -0.05) is 0 Å². The lowest BCUT2D eigenvalue weighted by Gasteiger charge is -2.10. The molecule has 1 unspecified atom stereocenters. The average Bonchev–Trinajstić information content (AvgIpc) is 2.02. The Labute approximate surface area is 67.9 Å². The van der Waals surface area contributed by atoms with Gasteiger partial charge >= 0.3 is 12.4 Å². The zero-order valence-electron chi connectivity index (χ0n) is 6.64. The average molecular weight is 181 g/mol. The number of alkyl halides is 2. The molecule has 0 radical (unpaired) electrons. The van der Waals surface area contributed by atoms with Crippen LogP contribution in [0, 0.1) is 0 Å². The molecule has 70 valence electrons. The lowest BCUT2D eigenvalue weighted by Crippen LogP contribution is -2.42. The molecular formula is C6H9F2NO3. The predicted molar refractivity (Wildman–Crippen MR) is 35.6 cm³/mol. The van der Waals surface area contributed by atoms with E-state index in [-0.39, 0.29) is 0 Å². The number of methoxy groups -OCH3 is 1. The Kier molecular flexibility index (Phi) is 4.17. The fraction of sp³-hybridized carbons (Fsp3) is 0.667. The number of carbonyl (C=O) groups is 2. The second-order valence-corrected chi connectivity index (χ2v) is 2.05. The number of nitrogens with one attached hydrogen (secondary N) is 1. The third-order valence-corrected chi connectivity index (χ3v) is 1.11. The van der Waals surface area contributed by atoms with Crippen LogP contribution in [0.2, 0.25) is 0 Å². The summed E-state index contributed by atoms with van der Waals surface area (Å²) in [5.74, 6) is -2.24. The number of ether oxygens (including phenoxy) is 1. The fourth-order valence-corrected chi connectivity index (χ4v) is 0.512. The maximum Gasteiger partial charge on any atom is 0.328 e. The van der Waals surface area contributed by atoms with E-state index < -0.39 is 24.3 Å². The first-order valence-electron chi connectivity index (χ1n) is 3.15. The van der Waals surface area contributed by atoms with Gasteiger partial charge < -0.3 is 10.1 Å². The minimum absolute atomic E-state index is 0.760. The van der Waals surface area contributed by atoms with Crippen LogP contribution in [0.15, 0.2) is 0 Å². The van der Waals surface area contributed by atoms with Gasteiger partial charge in [-0.15, -0.1) is 0 Å². The van der Waals surface area contributed by atoms with Crippen molar-refractivity contribution in [2.75, 3.05) is 7.11 Å². The van der Waals surface area contributed by atoms with Crippen molar-refractivity contribution in [3.8, 4) is 0 Å². The summed E-state index contributed by atoms with van der Waals surface area (Å²) >= 11 is 0. The molecule has 1 N–H and O–H groups in total. The van der Waals surface area contributed by atoms with Crippen LogP contribution in [0.25, 0.3) is 0 Å². The smallest absolute Gasteiger partial charge is 0.328 e. The van der Waals surface area contributed by atoms with E-state index in [0.717, 1.165) is 7.11 Å². The molecule has 0 fully saturated rings. The molecule has 1 atom stereocenters. The molecule has 0 aliphatic heterocycles. The van der Waals surface area contributed by atoms with Crippen molar-refractivity contribution in [2.24, 2.45) is 0 Å². The van der Waals surface area contributed by atoms with Crippen LogP contribution in [-0.2, 0) is 14.3 Å². The third kappa shape index (κ3) is 3.27. The van der Waals surface area contributed by atoms with Gasteiger partial charge in [0, 0.05) is 0 Å². The summed E-state index contributed by atoms with van der Waals surface area (Å²) in [6.07, 6.45) is -3.11. The number of carbonyl (C=O) groups excluding carboxylic acids is 2. The molecule has 0 aliphatic rings. The van der Waals surface area contributed by atoms with Crippen LogP contribution in [0.5, 0.6) is 0 Å². The first kappa shape index (κ1) is 10.8. The fourth-order valence-electron chi connectivity index (χ4n) is 0.512. The summed E-state index contributed by atoms with van der Waals surface area (Å²) in [7, 11) is 1.10. The molecule has 0 aromatic rings. The van der Waals surface area contributed by atoms with Gasteiger partial charge in [0.2, 0.25) is 0 Å². The van der Waals surface area contributed by atoms with Crippen molar-refractivity contribution < 1.29 is 23.1 Å². The zero-order valence-corrected chi connectivity index (χ0v) is 6.64. The van der Waals surface area contributed by atoms with Crippen molar-refractivity contribution >= 4 is 11.9 Å². The Hall–Kier alpha value is -1.20. The quantitative estimate of drug-likeness (QED) is 0.620. The van der Waals surface area contributed by atoms with E-state index in [4.69, 9.17) is 0 Å². The van der Waals surface area contributed by atoms with Crippen LogP contribution >= 0.6 is 0 Å². The number of halogens is 2. The van der Waals surface area contributed by atoms with Crippen molar-refractivity contribution in [3.05, 3.63) is 0 Å². The van der Waals surface area contributed by atoms with E-state index >= 15 is 0 Å². The first-order chi connectivity index (χ1) is 5.49. The number of hydrogen-bond donors (Lipinski definition) is 1. The molecule has 0 spiro atoms. The highest BCUT2D eigenvalue weighted by molar-refractivity contribution is 5.85. The van der Waals surface area contributed by atoms with Crippen LogP contribution in [0.1, 0.15) is 6.92 Å². The van der Waals surface area contributed by atoms with Gasteiger partial charge in [0.25, 0.3) is 5.91 Å². The van der Waals surface area contributed by atoms with E-state index in [1.54, 1.807) is 5.32 Å². The summed E-state index contributed by atoms with van der Waals surface area (Å²) < 4.78 is 27.4. The normalized spacial score (nSPS) is 12.4. The summed E-state index contributed by atoms with van der Waals surface area (Å²) in [6, 6.07) is -1.04. The summed E-state index contributed by atoms with van der Waals surface area (Å²) in [5.41, 5.74) is 0. The number of amides is 1. The molecular weight excluding hydrogens is 172 g/mol. The SMILES string of the molecule is COC(=O)C(C)NC(=O)C(F)F. The maximum atomic E-state index is 11.6. The van der Waals surface area contributed by atoms with Gasteiger partial charge in [-0.2, -0.15) is 8.78 Å². The summed E-state index contributed by atoms with van der Waals surface area (Å²) in [6.45, 7) is 1.26. The van der Waals surface area contributed by atoms with Crippen molar-refractivity contribution in [2.45, 2.75) is 19.4 Å². The van der Waals surface area contributed by atoms with Crippen molar-refractivity contribution in [1.29, 1.82) is 0 Å². The van der Waals surface area contributed by atoms with E-state index in [2.05, 4.69) is 4.74 Å². The molecule has 0 bridgehead atoms. The molecule has 0 aromatic carbocycles. The Balaban J connectivity index is 3.92. The topological polar surface area (TPSA) is 55.4 Å². The predicted octanol–water partition coefficient (Wildman–Crippen LogP) is -0.0708. The standard InChI is InChI=1S/C6H9F2NO3/c1-3(6(11)12-2)9-5(10)4(7)8/h3-4H,1-2H3,(H,9,10). The molecule has 12 heavy (non-hydrogen) atoms. The number of rotatable bonds is 3. The Bertz CT molecular complexity index is 184. The molecule has 1 amide bonds. The van der Waals surface area contributed by atoms with Crippen LogP contribution < -0.4 is 5.32 Å². The molecule has 0 rings (SSSR count). The maximum absolute atomic E-state index is 11.6. The monoisotopic (exact) mass is 181 g/mol. The Morgan fingerprint density at radius 3 is 2.25 bits per heavy atom. The van der Waals surface area contributed by atoms with E-state index in [9.17, 15) is 18.4 Å². The minimum atomic E-state index is -3.11. The minimum Gasteiger partial charge on any atom is -0.467 e. The lowest BCUT2D eigenvalue weighted by atomic mass is 10.3. The molecule has 6 heteroatoms. The lowest BCUT2D eigenvalue weighted by molar-refractivity contribution is -0.146. The van der Waals surface area contributed by atoms with E-state index in [1.807, 2.05) is 0 Å². The molecule has 0 saturated carbocycles. The van der Waals surface area contributed by atoms with Crippen LogP contribution in [0.4, 0.5) is 8.78 Å². The number of esters is 1. The van der Waals surface area contributed by atoms with Crippen LogP contribution in [-0.4, -0.2) is 31.5 Å². The summed E-state index contributed by atoms with van der Waals surface area (Å²) in [5, 5.41) is 1.77. The van der Waals surface area contributed by atoms with Gasteiger partial charge in [0.05, 0.1) is 7.11 Å². The highest BCUT2D eigenvalue weighted by Gasteiger charge is 2.21. The second-order valence-electron chi connectivity index (χ2n) is 2.05. The highest BCUT2D eigenvalue weighted by atomic mass is 19.3. The zero-order chi connectivity index (χ0) is 9.72. The Morgan fingerprint density at radius 2 is 1.92 bits per heavy atom. The van der Waals surface area contributed by atoms with Gasteiger partial charge in [0.15, 0.2) is 0 Å². The van der Waals surface area contributed by atoms with Crippen molar-refractivity contribution in [3.63, 3.8) is 0 Å². The molecule has 4 nitrogen and oxygen atoms in total. The van der Waals surface area contributed by atoms with E-state index in [0.29, 0.717) is 0 Å². The molecule has 0 aromatic heterocycles. The van der Waals surface area contributed by atoms with Gasteiger partial charge in [0.1, 0.15) is 6.04 Å². The largest absolute Gasteiger partial charge is 0.467 e. The van der Waals surface area contributed by atoms with Gasteiger partial charge in [-0.3, -0.25) is 4.79 Å². The first-order valence-corrected chi connectivity index (χ1v) is 3.15. The second kappa shape index (κ2) is 4.63. The number of hydrogen-bond acceptors (Lipinski definition) is 3. The van der Waals surface area contributed by atoms with Crippen molar-refractivity contribution in [1.82, 2.24) is 5.32 Å². The highest BCUT2D eigenvalue weighted by Crippen LogP contribution is 1.93. The molecule has 0 aliphatic carbocycles. The van der Waals surface area contributed by atoms with Gasteiger partial charge in [-0.05, 0) is 6.92 Å². The Morgan fingerprint density at radius 1 is 1.42 bits per heavy atom.